The van der Waals surface area contributed by atoms with E-state index in [4.69, 9.17) is 11.6 Å². The molecule has 0 aliphatic rings. The Bertz CT molecular complexity index is 1290. The lowest BCUT2D eigenvalue weighted by Gasteiger charge is -2.19. The first-order chi connectivity index (χ1) is 15.1. The molecule has 0 radical (unpaired) electrons. The molecule has 1 atom stereocenters. The van der Waals surface area contributed by atoms with Gasteiger partial charge in [-0.2, -0.15) is 0 Å². The van der Waals surface area contributed by atoms with E-state index in [0.717, 1.165) is 26.5 Å². The van der Waals surface area contributed by atoms with E-state index in [1.807, 2.05) is 25.1 Å². The standard InChI is InChI=1S/C24H21BrClFN4O/c1-13(17-9-16(25)5-6-20(17)27)31-22-18-8-14(4-7-21(18)28-12-19(22)26)15-10-29-23(30-11-15)24(2,3)32/h4-13,32H,1-3H3,(H,28,31). The number of halogens is 3. The summed E-state index contributed by atoms with van der Waals surface area (Å²) in [5.41, 5.74) is 2.47. The van der Waals surface area contributed by atoms with Crippen LogP contribution in [0.3, 0.4) is 0 Å². The van der Waals surface area contributed by atoms with E-state index < -0.39 is 5.60 Å². The summed E-state index contributed by atoms with van der Waals surface area (Å²) in [6.07, 6.45) is 4.93. The van der Waals surface area contributed by atoms with Crippen LogP contribution in [0.1, 0.15) is 38.2 Å². The van der Waals surface area contributed by atoms with Crippen LogP contribution >= 0.6 is 27.5 Å². The van der Waals surface area contributed by atoms with Crippen molar-refractivity contribution in [1.82, 2.24) is 15.0 Å². The van der Waals surface area contributed by atoms with Crippen LogP contribution in [-0.2, 0) is 5.60 Å². The molecule has 4 aromatic rings. The molecule has 0 saturated carbocycles. The van der Waals surface area contributed by atoms with E-state index >= 15 is 0 Å². The lowest BCUT2D eigenvalue weighted by atomic mass is 10.0. The molecule has 1 unspecified atom stereocenters. The van der Waals surface area contributed by atoms with Crippen LogP contribution in [0.25, 0.3) is 22.0 Å². The van der Waals surface area contributed by atoms with Gasteiger partial charge in [-0.05, 0) is 56.7 Å². The second-order valence-electron chi connectivity index (χ2n) is 8.10. The van der Waals surface area contributed by atoms with Gasteiger partial charge in [-0.3, -0.25) is 4.98 Å². The lowest BCUT2D eigenvalue weighted by Crippen LogP contribution is -2.19. The van der Waals surface area contributed by atoms with Gasteiger partial charge >= 0.3 is 0 Å². The summed E-state index contributed by atoms with van der Waals surface area (Å²) < 4.78 is 15.2. The molecule has 32 heavy (non-hydrogen) atoms. The van der Waals surface area contributed by atoms with Gasteiger partial charge in [0, 0.05) is 39.6 Å². The van der Waals surface area contributed by atoms with Gasteiger partial charge in [-0.1, -0.05) is 33.6 Å². The van der Waals surface area contributed by atoms with Crippen LogP contribution in [0.15, 0.2) is 59.5 Å². The van der Waals surface area contributed by atoms with Gasteiger partial charge in [0.25, 0.3) is 0 Å². The molecule has 0 saturated heterocycles. The molecular weight excluding hydrogens is 495 g/mol. The quantitative estimate of drug-likeness (QED) is 0.311. The zero-order valence-electron chi connectivity index (χ0n) is 17.7. The number of aromatic nitrogens is 3. The zero-order chi connectivity index (χ0) is 23.0. The highest BCUT2D eigenvalue weighted by Crippen LogP contribution is 2.35. The number of nitrogens with one attached hydrogen (secondary N) is 1. The Kier molecular flexibility index (Phi) is 6.16. The maximum Gasteiger partial charge on any atom is 0.159 e. The van der Waals surface area contributed by atoms with Crippen LogP contribution in [-0.4, -0.2) is 20.1 Å². The number of aliphatic hydroxyl groups is 1. The van der Waals surface area contributed by atoms with Crippen molar-refractivity contribution in [2.75, 3.05) is 5.32 Å². The first kappa shape index (κ1) is 22.6. The van der Waals surface area contributed by atoms with Gasteiger partial charge < -0.3 is 10.4 Å². The SMILES string of the molecule is CC(Nc1c(Cl)cnc2ccc(-c3cnc(C(C)(C)O)nc3)cc12)c1cc(Br)ccc1F. The van der Waals surface area contributed by atoms with Gasteiger partial charge in [0.05, 0.1) is 22.3 Å². The van der Waals surface area contributed by atoms with Crippen molar-refractivity contribution in [3.05, 3.63) is 81.7 Å². The summed E-state index contributed by atoms with van der Waals surface area (Å²) in [5.74, 6) is 0.0476. The highest BCUT2D eigenvalue weighted by atomic mass is 79.9. The smallest absolute Gasteiger partial charge is 0.159 e. The summed E-state index contributed by atoms with van der Waals surface area (Å²) >= 11 is 9.89. The largest absolute Gasteiger partial charge is 0.382 e. The van der Waals surface area contributed by atoms with Crippen molar-refractivity contribution in [3.63, 3.8) is 0 Å². The maximum absolute atomic E-state index is 14.4. The number of nitrogens with zero attached hydrogens (tertiary/aromatic N) is 3. The van der Waals surface area contributed by atoms with Gasteiger partial charge in [0.2, 0.25) is 0 Å². The molecule has 5 nitrogen and oxygen atoms in total. The predicted octanol–water partition coefficient (Wildman–Crippen LogP) is 6.65. The molecule has 0 amide bonds. The number of benzene rings is 2. The number of fused-ring (bicyclic) bond motifs is 1. The lowest BCUT2D eigenvalue weighted by molar-refractivity contribution is 0.0687. The van der Waals surface area contributed by atoms with Crippen LogP contribution in [0.2, 0.25) is 5.02 Å². The van der Waals surface area contributed by atoms with Crippen molar-refractivity contribution in [1.29, 1.82) is 0 Å². The van der Waals surface area contributed by atoms with Gasteiger partial charge in [-0.15, -0.1) is 0 Å². The highest BCUT2D eigenvalue weighted by molar-refractivity contribution is 9.10. The average molecular weight is 516 g/mol. The zero-order valence-corrected chi connectivity index (χ0v) is 20.0. The van der Waals surface area contributed by atoms with Crippen LogP contribution in [0, 0.1) is 5.82 Å². The third-order valence-electron chi connectivity index (χ3n) is 5.14. The Morgan fingerprint density at radius 3 is 2.44 bits per heavy atom. The van der Waals surface area contributed by atoms with Gasteiger partial charge in [0.15, 0.2) is 5.82 Å². The Morgan fingerprint density at radius 1 is 1.03 bits per heavy atom. The molecule has 0 aliphatic carbocycles. The fraction of sp³-hybridized carbons (Fsp3) is 0.208. The topological polar surface area (TPSA) is 70.9 Å². The molecule has 2 aromatic carbocycles. The van der Waals surface area contributed by atoms with E-state index in [2.05, 4.69) is 36.2 Å². The molecular formula is C24H21BrClFN4O. The van der Waals surface area contributed by atoms with Gasteiger partial charge in [0.1, 0.15) is 11.4 Å². The maximum atomic E-state index is 14.4. The van der Waals surface area contributed by atoms with E-state index in [1.165, 1.54) is 6.07 Å². The van der Waals surface area contributed by atoms with Crippen molar-refractivity contribution in [3.8, 4) is 11.1 Å². The Labute approximate surface area is 198 Å². The van der Waals surface area contributed by atoms with Crippen LogP contribution in [0.5, 0.6) is 0 Å². The normalized spacial score (nSPS) is 12.7. The minimum absolute atomic E-state index is 0.299. The van der Waals surface area contributed by atoms with Crippen molar-refractivity contribution < 1.29 is 9.50 Å². The predicted molar refractivity (Wildman–Crippen MR) is 129 cm³/mol. The molecule has 0 aliphatic heterocycles. The summed E-state index contributed by atoms with van der Waals surface area (Å²) in [5, 5.41) is 14.7. The first-order valence-electron chi connectivity index (χ1n) is 9.98. The van der Waals surface area contributed by atoms with Gasteiger partial charge in [-0.25, -0.2) is 14.4 Å². The van der Waals surface area contributed by atoms with Crippen molar-refractivity contribution in [2.45, 2.75) is 32.4 Å². The Balaban J connectivity index is 1.75. The number of hydrogen-bond donors (Lipinski definition) is 2. The van der Waals surface area contributed by atoms with Crippen molar-refractivity contribution >= 4 is 44.1 Å². The summed E-state index contributed by atoms with van der Waals surface area (Å²) in [7, 11) is 0. The molecule has 164 valence electrons. The second kappa shape index (κ2) is 8.73. The number of anilines is 1. The Morgan fingerprint density at radius 2 is 1.75 bits per heavy atom. The molecule has 2 N–H and O–H groups in total. The molecule has 2 aromatic heterocycles. The second-order valence-corrected chi connectivity index (χ2v) is 9.42. The molecule has 4 rings (SSSR count). The third-order valence-corrected chi connectivity index (χ3v) is 5.92. The molecule has 8 heteroatoms. The van der Waals surface area contributed by atoms with E-state index in [1.54, 1.807) is 44.6 Å². The minimum Gasteiger partial charge on any atom is -0.382 e. The highest BCUT2D eigenvalue weighted by Gasteiger charge is 2.20. The average Bonchev–Trinajstić information content (AvgIpc) is 2.76. The monoisotopic (exact) mass is 514 g/mol. The van der Waals surface area contributed by atoms with E-state index in [0.29, 0.717) is 22.1 Å². The van der Waals surface area contributed by atoms with E-state index in [9.17, 15) is 9.50 Å². The molecule has 0 bridgehead atoms. The number of pyridine rings is 1. The van der Waals surface area contributed by atoms with E-state index in [-0.39, 0.29) is 11.9 Å². The van der Waals surface area contributed by atoms with Crippen molar-refractivity contribution in [2.24, 2.45) is 0 Å². The minimum atomic E-state index is -1.12. The number of rotatable bonds is 5. The fourth-order valence-corrected chi connectivity index (χ4v) is 4.01. The summed E-state index contributed by atoms with van der Waals surface area (Å²) in [6.45, 7) is 5.15. The number of hydrogen-bond acceptors (Lipinski definition) is 5. The fourth-order valence-electron chi connectivity index (χ4n) is 3.43. The summed E-state index contributed by atoms with van der Waals surface area (Å²) in [6, 6.07) is 10.3. The Hall–Kier alpha value is -2.61. The molecule has 2 heterocycles. The van der Waals surface area contributed by atoms with Crippen LogP contribution in [0.4, 0.5) is 10.1 Å². The first-order valence-corrected chi connectivity index (χ1v) is 11.2. The third kappa shape index (κ3) is 4.60. The summed E-state index contributed by atoms with van der Waals surface area (Å²) in [4.78, 5) is 13.0. The molecule has 0 fully saturated rings. The molecule has 0 spiro atoms. The van der Waals surface area contributed by atoms with Crippen LogP contribution < -0.4 is 5.32 Å².